The van der Waals surface area contributed by atoms with Gasteiger partial charge in [-0.3, -0.25) is 43.2 Å². The number of halogens is 2. The molecule has 67 heavy (non-hydrogen) atoms. The third kappa shape index (κ3) is 8.62. The summed E-state index contributed by atoms with van der Waals surface area (Å²) in [6.07, 6.45) is 10.2. The van der Waals surface area contributed by atoms with Crippen molar-refractivity contribution in [2.45, 2.75) is 121 Å². The zero-order valence-corrected chi connectivity index (χ0v) is 38.0. The number of aryl methyl sites for hydroxylation is 2. The lowest BCUT2D eigenvalue weighted by Crippen LogP contribution is -2.57. The van der Waals surface area contributed by atoms with Crippen LogP contribution in [0.4, 0.5) is 20.3 Å². The molecule has 0 radical (unpaired) electrons. The molecule has 4 saturated heterocycles. The Morgan fingerprint density at radius 3 is 2.48 bits per heavy atom. The fourth-order valence-corrected chi connectivity index (χ4v) is 11.5. The largest absolute Gasteiger partial charge is 0.377 e. The molecule has 5 fully saturated rings. The van der Waals surface area contributed by atoms with Crippen molar-refractivity contribution in [3.63, 3.8) is 0 Å². The van der Waals surface area contributed by atoms with Gasteiger partial charge in [0, 0.05) is 76.6 Å². The molecule has 4 amide bonds. The lowest BCUT2D eigenvalue weighted by Gasteiger charge is -2.43. The van der Waals surface area contributed by atoms with Gasteiger partial charge in [-0.05, 0) is 102 Å². The molecular formula is C47H58F2N12O6. The molecule has 1 aromatic carbocycles. The Kier molecular flexibility index (Phi) is 12.4. The van der Waals surface area contributed by atoms with Crippen molar-refractivity contribution in [3.05, 3.63) is 70.2 Å². The molecule has 4 aliphatic heterocycles. The standard InChI is InChI=1S/C47H58F2N12O6/c1-3-67-33-18-21-57(26-33)38-19-22-58-43(52-38)34(23-50-58)44(63)51-35-27-59(54-40(35)42(48)49)30-12-10-29(11-13-30)46(65)60-31-14-15-32(60)25-56(24-31)20-5-4-7-28-8-6-9-36-41(28)55(2)47(66)61(36)37-16-17-39(62)53-45(37)64/h6,8-9,19,22-23,27,29-33,37,42H,3-5,7,10-18,20-21,24-26H2,1-2H3,(H,51,63)(H,53,62,64)/t29?,30?,31-,32+,33-,37?/m1/s1. The van der Waals surface area contributed by atoms with Crippen molar-refractivity contribution in [3.8, 4) is 0 Å². The lowest BCUT2D eigenvalue weighted by molar-refractivity contribution is -0.143. The van der Waals surface area contributed by atoms with Crippen molar-refractivity contribution >= 4 is 51.8 Å². The number of piperazine rings is 1. The summed E-state index contributed by atoms with van der Waals surface area (Å²) in [5.74, 6) is -0.636. The predicted molar refractivity (Wildman–Crippen MR) is 243 cm³/mol. The van der Waals surface area contributed by atoms with Crippen molar-refractivity contribution in [1.29, 1.82) is 0 Å². The van der Waals surface area contributed by atoms with E-state index in [1.54, 1.807) is 17.8 Å². The number of carbonyl (C=O) groups excluding carboxylic acids is 4. The second-order valence-electron chi connectivity index (χ2n) is 18.9. The van der Waals surface area contributed by atoms with Gasteiger partial charge < -0.3 is 19.9 Å². The number of alkyl halides is 2. The summed E-state index contributed by atoms with van der Waals surface area (Å²) in [5, 5.41) is 13.6. The quantitative estimate of drug-likeness (QED) is 0.115. The van der Waals surface area contributed by atoms with E-state index in [0.717, 1.165) is 75.8 Å². The maximum Gasteiger partial charge on any atom is 0.329 e. The third-order valence-electron chi connectivity index (χ3n) is 14.8. The first-order valence-electron chi connectivity index (χ1n) is 23.9. The predicted octanol–water partition coefficient (Wildman–Crippen LogP) is 4.79. The molecule has 2 bridgehead atoms. The van der Waals surface area contributed by atoms with Gasteiger partial charge in [-0.2, -0.15) is 10.2 Å². The molecule has 1 aliphatic carbocycles. The number of imide groups is 1. The zero-order valence-electron chi connectivity index (χ0n) is 38.0. The number of fused-ring (bicyclic) bond motifs is 4. The first kappa shape index (κ1) is 44.8. The van der Waals surface area contributed by atoms with Crippen LogP contribution < -0.4 is 21.2 Å². The van der Waals surface area contributed by atoms with Crippen LogP contribution in [-0.2, 0) is 32.6 Å². The summed E-state index contributed by atoms with van der Waals surface area (Å²) in [7, 11) is 1.73. The van der Waals surface area contributed by atoms with E-state index in [1.165, 1.54) is 26.2 Å². The van der Waals surface area contributed by atoms with E-state index in [0.29, 0.717) is 62.2 Å². The van der Waals surface area contributed by atoms with Crippen LogP contribution in [0.25, 0.3) is 16.7 Å². The summed E-state index contributed by atoms with van der Waals surface area (Å²) in [5.41, 5.74) is 2.20. The first-order chi connectivity index (χ1) is 32.4. The number of nitrogens with one attached hydrogen (secondary N) is 2. The molecular weight excluding hydrogens is 867 g/mol. The molecule has 10 rings (SSSR count). The molecule has 8 heterocycles. The number of imidazole rings is 1. The van der Waals surface area contributed by atoms with Crippen molar-refractivity contribution in [1.82, 2.24) is 48.6 Å². The topological polar surface area (TPSA) is 186 Å². The van der Waals surface area contributed by atoms with Gasteiger partial charge in [-0.1, -0.05) is 12.1 Å². The van der Waals surface area contributed by atoms with E-state index in [9.17, 15) is 32.8 Å². The van der Waals surface area contributed by atoms with Gasteiger partial charge in [0.25, 0.3) is 12.3 Å². The molecule has 18 nitrogen and oxygen atoms in total. The minimum absolute atomic E-state index is 0.0618. The first-order valence-corrected chi connectivity index (χ1v) is 23.9. The number of hydrogen-bond donors (Lipinski definition) is 2. The summed E-state index contributed by atoms with van der Waals surface area (Å²) >= 11 is 0. The molecule has 2 N–H and O–H groups in total. The summed E-state index contributed by atoms with van der Waals surface area (Å²) in [4.78, 5) is 77.0. The van der Waals surface area contributed by atoms with Gasteiger partial charge in [-0.15, -0.1) is 0 Å². The number of nitrogens with zero attached hydrogens (tertiary/aromatic N) is 10. The zero-order chi connectivity index (χ0) is 46.5. The number of likely N-dealkylation sites (tertiary alicyclic amines) is 1. The number of hydrogen-bond acceptors (Lipinski definition) is 11. The fourth-order valence-electron chi connectivity index (χ4n) is 11.5. The molecule has 20 heteroatoms. The number of benzene rings is 1. The molecule has 5 aliphatic rings. The van der Waals surface area contributed by atoms with E-state index >= 15 is 0 Å². The number of aromatic nitrogens is 7. The van der Waals surface area contributed by atoms with E-state index in [2.05, 4.69) is 35.5 Å². The maximum atomic E-state index is 14.4. The molecule has 356 valence electrons. The Labute approximate surface area is 385 Å². The van der Waals surface area contributed by atoms with Crippen LogP contribution in [0.2, 0.25) is 0 Å². The number of ether oxygens (including phenoxy) is 1. The molecule has 1 unspecified atom stereocenters. The fraction of sp³-hybridized carbons (Fsp3) is 0.574. The number of para-hydroxylation sites is 1. The van der Waals surface area contributed by atoms with E-state index < -0.39 is 30.0 Å². The highest BCUT2D eigenvalue weighted by molar-refractivity contribution is 6.08. The Hall–Kier alpha value is -6.02. The molecule has 4 aromatic heterocycles. The molecule has 5 aromatic rings. The van der Waals surface area contributed by atoms with Crippen molar-refractivity contribution in [2.75, 3.05) is 49.5 Å². The Bertz CT molecular complexity index is 2740. The van der Waals surface area contributed by atoms with Gasteiger partial charge in [0.2, 0.25) is 17.7 Å². The lowest BCUT2D eigenvalue weighted by atomic mass is 9.84. The van der Waals surface area contributed by atoms with Crippen LogP contribution in [-0.4, -0.2) is 124 Å². The second-order valence-corrected chi connectivity index (χ2v) is 18.9. The number of amides is 4. The molecule has 1 saturated carbocycles. The smallest absolute Gasteiger partial charge is 0.329 e. The number of piperidine rings is 1. The van der Waals surface area contributed by atoms with Crippen LogP contribution >= 0.6 is 0 Å². The van der Waals surface area contributed by atoms with Crippen molar-refractivity contribution < 1.29 is 32.7 Å². The Morgan fingerprint density at radius 2 is 1.73 bits per heavy atom. The highest BCUT2D eigenvalue weighted by atomic mass is 19.3. The number of carbonyl (C=O) groups is 4. The van der Waals surface area contributed by atoms with Gasteiger partial charge in [-0.25, -0.2) is 23.1 Å². The SMILES string of the molecule is CCO[C@@H]1CCN(c2ccn3ncc(C(=O)Nc4cn(C5CCC(C(=O)N6[C@@H]7CC[C@H]6CN(CCCCc6cccc8c6n(C)c(=O)n8C6CCC(=O)NC6=O)C7)CC5)nc4C(F)F)c3n2)C1. The van der Waals surface area contributed by atoms with Gasteiger partial charge in [0.15, 0.2) is 11.3 Å². The summed E-state index contributed by atoms with van der Waals surface area (Å²) < 4.78 is 40.7. The molecule has 0 spiro atoms. The monoisotopic (exact) mass is 924 g/mol. The minimum atomic E-state index is -2.91. The average molecular weight is 925 g/mol. The molecule has 4 atom stereocenters. The van der Waals surface area contributed by atoms with E-state index in [4.69, 9.17) is 9.72 Å². The van der Waals surface area contributed by atoms with Crippen LogP contribution in [0.5, 0.6) is 0 Å². The Morgan fingerprint density at radius 1 is 0.955 bits per heavy atom. The number of unbranched alkanes of at least 4 members (excludes halogenated alkanes) is 1. The normalized spacial score (nSPS) is 24.7. The van der Waals surface area contributed by atoms with Crippen LogP contribution in [0, 0.1) is 5.92 Å². The highest BCUT2D eigenvalue weighted by Gasteiger charge is 2.45. The van der Waals surface area contributed by atoms with E-state index in [1.807, 2.05) is 31.2 Å². The van der Waals surface area contributed by atoms with Crippen LogP contribution in [0.3, 0.4) is 0 Å². The van der Waals surface area contributed by atoms with Gasteiger partial charge in [0.05, 0.1) is 35.1 Å². The van der Waals surface area contributed by atoms with Crippen LogP contribution in [0.1, 0.15) is 118 Å². The third-order valence-corrected chi connectivity index (χ3v) is 14.8. The van der Waals surface area contributed by atoms with Crippen molar-refractivity contribution in [2.24, 2.45) is 13.0 Å². The summed E-state index contributed by atoms with van der Waals surface area (Å²) in [6.45, 7) is 6.60. The average Bonchev–Trinajstić information content (AvgIpc) is 4.16. The summed E-state index contributed by atoms with van der Waals surface area (Å²) in [6, 6.07) is 7.06. The van der Waals surface area contributed by atoms with Gasteiger partial charge >= 0.3 is 5.69 Å². The highest BCUT2D eigenvalue weighted by Crippen LogP contribution is 2.39. The van der Waals surface area contributed by atoms with E-state index in [-0.39, 0.29) is 65.3 Å². The second kappa shape index (κ2) is 18.6. The Balaban J connectivity index is 0.718. The maximum absolute atomic E-state index is 14.4. The number of rotatable bonds is 14. The minimum Gasteiger partial charge on any atom is -0.377 e. The van der Waals surface area contributed by atoms with Crippen LogP contribution in [0.15, 0.2) is 47.7 Å². The number of anilines is 2. The van der Waals surface area contributed by atoms with Gasteiger partial charge in [0.1, 0.15) is 17.4 Å².